The van der Waals surface area contributed by atoms with E-state index in [2.05, 4.69) is 26.0 Å². The Morgan fingerprint density at radius 3 is 2.82 bits per heavy atom. The van der Waals surface area contributed by atoms with Gasteiger partial charge in [-0.05, 0) is 24.6 Å². The first-order chi connectivity index (χ1) is 8.11. The van der Waals surface area contributed by atoms with Crippen LogP contribution in [0, 0.1) is 11.3 Å². The fourth-order valence-electron chi connectivity index (χ4n) is 1.47. The standard InChI is InChI=1S/C11H10BrN5/c1-7(14)9-3-2-8(4-10(9)12)17-6-15-11(5-13)16-17/h2-4,6-7H,14H2,1H3/t7-/m0/s1. The van der Waals surface area contributed by atoms with Gasteiger partial charge in [-0.2, -0.15) is 5.26 Å². The zero-order valence-corrected chi connectivity index (χ0v) is 10.7. The SMILES string of the molecule is C[C@H](N)c1ccc(-n2cnc(C#N)n2)cc1Br. The van der Waals surface area contributed by atoms with E-state index in [0.717, 1.165) is 15.7 Å². The zero-order chi connectivity index (χ0) is 12.4. The Morgan fingerprint density at radius 2 is 2.29 bits per heavy atom. The van der Waals surface area contributed by atoms with Crippen LogP contribution in [-0.4, -0.2) is 14.8 Å². The largest absolute Gasteiger partial charge is 0.324 e. The van der Waals surface area contributed by atoms with Gasteiger partial charge in [0.15, 0.2) is 0 Å². The lowest BCUT2D eigenvalue weighted by atomic mass is 10.1. The van der Waals surface area contributed by atoms with Gasteiger partial charge in [0, 0.05) is 10.5 Å². The van der Waals surface area contributed by atoms with Crippen molar-refractivity contribution in [3.63, 3.8) is 0 Å². The van der Waals surface area contributed by atoms with Crippen molar-refractivity contribution in [1.82, 2.24) is 14.8 Å². The Labute approximate surface area is 107 Å². The Balaban J connectivity index is 2.41. The third-order valence-corrected chi connectivity index (χ3v) is 3.02. The predicted octanol–water partition coefficient (Wildman–Crippen LogP) is 1.92. The van der Waals surface area contributed by atoms with Crippen molar-refractivity contribution < 1.29 is 0 Å². The van der Waals surface area contributed by atoms with Gasteiger partial charge in [-0.3, -0.25) is 0 Å². The van der Waals surface area contributed by atoms with Crippen molar-refractivity contribution in [3.8, 4) is 11.8 Å². The molecule has 0 aliphatic rings. The summed E-state index contributed by atoms with van der Waals surface area (Å²) in [6, 6.07) is 7.56. The van der Waals surface area contributed by atoms with Gasteiger partial charge < -0.3 is 5.73 Å². The smallest absolute Gasteiger partial charge is 0.252 e. The minimum atomic E-state index is -0.0381. The number of halogens is 1. The number of nitrogens with two attached hydrogens (primary N) is 1. The lowest BCUT2D eigenvalue weighted by molar-refractivity contribution is 0.808. The monoisotopic (exact) mass is 291 g/mol. The summed E-state index contributed by atoms with van der Waals surface area (Å²) in [6.45, 7) is 1.92. The molecule has 0 bridgehead atoms. The van der Waals surface area contributed by atoms with Crippen LogP contribution in [0.25, 0.3) is 5.69 Å². The normalized spacial score (nSPS) is 12.1. The molecule has 0 aliphatic heterocycles. The molecule has 1 heterocycles. The minimum Gasteiger partial charge on any atom is -0.324 e. The highest BCUT2D eigenvalue weighted by Crippen LogP contribution is 2.24. The van der Waals surface area contributed by atoms with E-state index in [0.29, 0.717) is 0 Å². The van der Waals surface area contributed by atoms with Crippen molar-refractivity contribution in [1.29, 1.82) is 5.26 Å². The molecule has 17 heavy (non-hydrogen) atoms. The number of hydrogen-bond acceptors (Lipinski definition) is 4. The van der Waals surface area contributed by atoms with Crippen molar-refractivity contribution in [3.05, 3.63) is 40.4 Å². The highest BCUT2D eigenvalue weighted by Gasteiger charge is 2.07. The summed E-state index contributed by atoms with van der Waals surface area (Å²) in [4.78, 5) is 3.85. The van der Waals surface area contributed by atoms with E-state index in [-0.39, 0.29) is 11.9 Å². The van der Waals surface area contributed by atoms with Gasteiger partial charge >= 0.3 is 0 Å². The second-order valence-corrected chi connectivity index (χ2v) is 4.47. The summed E-state index contributed by atoms with van der Waals surface area (Å²) in [5, 5.41) is 12.7. The van der Waals surface area contributed by atoms with Crippen molar-refractivity contribution in [2.24, 2.45) is 5.73 Å². The highest BCUT2D eigenvalue weighted by atomic mass is 79.9. The van der Waals surface area contributed by atoms with E-state index >= 15 is 0 Å². The molecule has 2 aromatic rings. The maximum Gasteiger partial charge on any atom is 0.252 e. The number of rotatable bonds is 2. The van der Waals surface area contributed by atoms with Crippen molar-refractivity contribution >= 4 is 15.9 Å². The molecule has 1 aromatic carbocycles. The van der Waals surface area contributed by atoms with Gasteiger partial charge in [-0.25, -0.2) is 9.67 Å². The summed E-state index contributed by atoms with van der Waals surface area (Å²) in [6.07, 6.45) is 1.51. The van der Waals surface area contributed by atoms with E-state index in [4.69, 9.17) is 11.0 Å². The maximum atomic E-state index is 8.66. The summed E-state index contributed by atoms with van der Waals surface area (Å²) in [5.41, 5.74) is 7.67. The van der Waals surface area contributed by atoms with Crippen LogP contribution >= 0.6 is 15.9 Å². The van der Waals surface area contributed by atoms with E-state index in [1.807, 2.05) is 31.2 Å². The maximum absolute atomic E-state index is 8.66. The molecule has 1 aromatic heterocycles. The van der Waals surface area contributed by atoms with Crippen LogP contribution in [0.1, 0.15) is 24.4 Å². The molecular formula is C11H10BrN5. The second-order valence-electron chi connectivity index (χ2n) is 3.62. The molecular weight excluding hydrogens is 282 g/mol. The summed E-state index contributed by atoms with van der Waals surface area (Å²) < 4.78 is 2.47. The third-order valence-electron chi connectivity index (χ3n) is 2.33. The molecule has 86 valence electrons. The Bertz CT molecular complexity index is 582. The molecule has 2 N–H and O–H groups in total. The number of aromatic nitrogens is 3. The number of hydrogen-bond donors (Lipinski definition) is 1. The van der Waals surface area contributed by atoms with Gasteiger partial charge in [0.2, 0.25) is 0 Å². The molecule has 0 amide bonds. The molecule has 0 radical (unpaired) electrons. The van der Waals surface area contributed by atoms with Crippen molar-refractivity contribution in [2.45, 2.75) is 13.0 Å². The summed E-state index contributed by atoms with van der Waals surface area (Å²) in [7, 11) is 0. The molecule has 0 saturated heterocycles. The van der Waals surface area contributed by atoms with E-state index in [9.17, 15) is 0 Å². The van der Waals surface area contributed by atoms with Crippen LogP contribution < -0.4 is 5.73 Å². The lowest BCUT2D eigenvalue weighted by Crippen LogP contribution is -2.06. The number of nitrogens with zero attached hydrogens (tertiary/aromatic N) is 4. The molecule has 0 fully saturated rings. The highest BCUT2D eigenvalue weighted by molar-refractivity contribution is 9.10. The quantitative estimate of drug-likeness (QED) is 0.917. The average Bonchev–Trinajstić information content (AvgIpc) is 2.76. The van der Waals surface area contributed by atoms with Crippen LogP contribution in [0.3, 0.4) is 0 Å². The van der Waals surface area contributed by atoms with Gasteiger partial charge in [0.05, 0.1) is 5.69 Å². The van der Waals surface area contributed by atoms with E-state index in [1.54, 1.807) is 4.68 Å². The summed E-state index contributed by atoms with van der Waals surface area (Å²) >= 11 is 3.46. The second kappa shape index (κ2) is 4.65. The van der Waals surface area contributed by atoms with Crippen LogP contribution in [0.5, 0.6) is 0 Å². The first-order valence-electron chi connectivity index (χ1n) is 4.99. The van der Waals surface area contributed by atoms with Gasteiger partial charge in [0.25, 0.3) is 5.82 Å². The predicted molar refractivity (Wildman–Crippen MR) is 66.4 cm³/mol. The lowest BCUT2D eigenvalue weighted by Gasteiger charge is -2.09. The van der Waals surface area contributed by atoms with Crippen LogP contribution in [-0.2, 0) is 0 Å². The Hall–Kier alpha value is -1.71. The van der Waals surface area contributed by atoms with Crippen molar-refractivity contribution in [2.75, 3.05) is 0 Å². The Morgan fingerprint density at radius 1 is 1.53 bits per heavy atom. The fraction of sp³-hybridized carbons (Fsp3) is 0.182. The molecule has 5 nitrogen and oxygen atoms in total. The van der Waals surface area contributed by atoms with Gasteiger partial charge in [-0.1, -0.05) is 22.0 Å². The molecule has 2 rings (SSSR count). The minimum absolute atomic E-state index is 0.0381. The molecule has 0 saturated carbocycles. The van der Waals surface area contributed by atoms with Gasteiger partial charge in [-0.15, -0.1) is 5.10 Å². The third kappa shape index (κ3) is 2.35. The van der Waals surface area contributed by atoms with Crippen LogP contribution in [0.15, 0.2) is 29.0 Å². The molecule has 6 heteroatoms. The number of nitriles is 1. The van der Waals surface area contributed by atoms with Crippen LogP contribution in [0.2, 0.25) is 0 Å². The fourth-order valence-corrected chi connectivity index (χ4v) is 2.19. The first-order valence-corrected chi connectivity index (χ1v) is 5.78. The molecule has 0 unspecified atom stereocenters. The molecule has 1 atom stereocenters. The first kappa shape index (κ1) is 11.8. The van der Waals surface area contributed by atoms with Crippen LogP contribution in [0.4, 0.5) is 0 Å². The molecule has 0 spiro atoms. The van der Waals surface area contributed by atoms with E-state index in [1.165, 1.54) is 6.33 Å². The van der Waals surface area contributed by atoms with E-state index < -0.39 is 0 Å². The summed E-state index contributed by atoms with van der Waals surface area (Å²) in [5.74, 6) is 0.150. The van der Waals surface area contributed by atoms with Gasteiger partial charge in [0.1, 0.15) is 12.4 Å². The molecule has 0 aliphatic carbocycles. The number of benzene rings is 1. The average molecular weight is 292 g/mol. The Kier molecular flexibility index (Phi) is 3.22. The zero-order valence-electron chi connectivity index (χ0n) is 9.13. The topological polar surface area (TPSA) is 80.5 Å².